The van der Waals surface area contributed by atoms with Crippen molar-refractivity contribution in [3.8, 4) is 0 Å². The van der Waals surface area contributed by atoms with Gasteiger partial charge in [0.25, 0.3) is 0 Å². The Labute approximate surface area is 122 Å². The highest BCUT2D eigenvalue weighted by Gasteiger charge is 2.20. The Morgan fingerprint density at radius 3 is 2.95 bits per heavy atom. The smallest absolute Gasteiger partial charge is 0.360 e. The zero-order valence-electron chi connectivity index (χ0n) is 10.1. The monoisotopic (exact) mass is 347 g/mol. The number of carbonyl (C=O) groups excluding carboxylic acids is 1. The summed E-state index contributed by atoms with van der Waals surface area (Å²) in [5.41, 5.74) is 0.648. The van der Waals surface area contributed by atoms with Crippen LogP contribution in [0.3, 0.4) is 0 Å². The summed E-state index contributed by atoms with van der Waals surface area (Å²) in [6.45, 7) is 2.35. The van der Waals surface area contributed by atoms with Crippen molar-refractivity contribution in [1.29, 1.82) is 0 Å². The summed E-state index contributed by atoms with van der Waals surface area (Å²) in [6, 6.07) is 3.58. The molecule has 19 heavy (non-hydrogen) atoms. The van der Waals surface area contributed by atoms with E-state index in [0.717, 1.165) is 0 Å². The predicted octanol–water partition coefficient (Wildman–Crippen LogP) is 2.60. The first kappa shape index (κ1) is 14.1. The molecule has 0 aliphatic heterocycles. The summed E-state index contributed by atoms with van der Waals surface area (Å²) in [6.07, 6.45) is 0. The van der Waals surface area contributed by atoms with Crippen LogP contribution in [0.2, 0.25) is 0 Å². The number of rotatable bonds is 5. The minimum absolute atomic E-state index is 0.114. The van der Waals surface area contributed by atoms with Crippen molar-refractivity contribution in [1.82, 2.24) is 15.0 Å². The minimum Gasteiger partial charge on any atom is -0.461 e. The van der Waals surface area contributed by atoms with Gasteiger partial charge in [0.1, 0.15) is 12.3 Å². The van der Waals surface area contributed by atoms with Crippen molar-refractivity contribution in [2.45, 2.75) is 19.3 Å². The molecule has 0 radical (unpaired) electrons. The third kappa shape index (κ3) is 3.16. The Morgan fingerprint density at radius 2 is 2.37 bits per heavy atom. The van der Waals surface area contributed by atoms with E-state index in [1.54, 1.807) is 19.1 Å². The van der Waals surface area contributed by atoms with E-state index >= 15 is 0 Å². The molecule has 2 aromatic heterocycles. The van der Waals surface area contributed by atoms with Crippen LogP contribution in [0.15, 0.2) is 21.2 Å². The molecule has 8 heteroatoms. The lowest BCUT2D eigenvalue weighted by atomic mass is 10.3. The number of carbonyl (C=O) groups is 1. The SMILES string of the molecule is CCOC(=O)c1nnn(Cc2ccc(Br)o2)c1CCl. The average molecular weight is 349 g/mol. The largest absolute Gasteiger partial charge is 0.461 e. The number of hydrogen-bond donors (Lipinski definition) is 0. The molecule has 0 N–H and O–H groups in total. The summed E-state index contributed by atoms with van der Waals surface area (Å²) in [4.78, 5) is 11.7. The zero-order valence-corrected chi connectivity index (χ0v) is 12.4. The molecule has 2 heterocycles. The molecular weight excluding hydrogens is 337 g/mol. The maximum Gasteiger partial charge on any atom is 0.360 e. The van der Waals surface area contributed by atoms with Crippen LogP contribution in [-0.4, -0.2) is 27.6 Å². The van der Waals surface area contributed by atoms with Crippen molar-refractivity contribution in [2.24, 2.45) is 0 Å². The Morgan fingerprint density at radius 1 is 1.58 bits per heavy atom. The summed E-state index contributed by atoms with van der Waals surface area (Å²) in [5, 5.41) is 7.71. The number of hydrogen-bond acceptors (Lipinski definition) is 5. The van der Waals surface area contributed by atoms with Crippen molar-refractivity contribution in [3.63, 3.8) is 0 Å². The van der Waals surface area contributed by atoms with E-state index in [2.05, 4.69) is 26.2 Å². The van der Waals surface area contributed by atoms with E-state index < -0.39 is 5.97 Å². The molecule has 0 amide bonds. The van der Waals surface area contributed by atoms with Crippen molar-refractivity contribution in [3.05, 3.63) is 34.0 Å². The Kier molecular flexibility index (Phi) is 4.60. The Bertz CT molecular complexity index is 582. The van der Waals surface area contributed by atoms with Gasteiger partial charge in [-0.3, -0.25) is 0 Å². The molecule has 0 fully saturated rings. The van der Waals surface area contributed by atoms with Crippen LogP contribution in [-0.2, 0) is 17.2 Å². The fourth-order valence-electron chi connectivity index (χ4n) is 1.53. The number of esters is 1. The van der Waals surface area contributed by atoms with Crippen LogP contribution >= 0.6 is 27.5 Å². The predicted molar refractivity (Wildman–Crippen MR) is 71.0 cm³/mol. The lowest BCUT2D eigenvalue weighted by molar-refractivity contribution is 0.0518. The second-order valence-electron chi connectivity index (χ2n) is 3.60. The van der Waals surface area contributed by atoms with Gasteiger partial charge in [0.2, 0.25) is 0 Å². The molecule has 0 unspecified atom stereocenters. The summed E-state index contributed by atoms with van der Waals surface area (Å²) in [7, 11) is 0. The molecule has 0 aromatic carbocycles. The fraction of sp³-hybridized carbons (Fsp3) is 0.364. The van der Waals surface area contributed by atoms with Crippen LogP contribution in [0.5, 0.6) is 0 Å². The number of halogens is 2. The van der Waals surface area contributed by atoms with E-state index in [-0.39, 0.29) is 18.2 Å². The minimum atomic E-state index is -0.523. The van der Waals surface area contributed by atoms with E-state index in [1.807, 2.05) is 0 Å². The molecule has 0 atom stereocenters. The van der Waals surface area contributed by atoms with Crippen molar-refractivity contribution >= 4 is 33.5 Å². The zero-order chi connectivity index (χ0) is 13.8. The molecule has 0 saturated heterocycles. The van der Waals surface area contributed by atoms with Crippen LogP contribution in [0.1, 0.15) is 28.9 Å². The second-order valence-corrected chi connectivity index (χ2v) is 4.65. The molecule has 0 aliphatic rings. The maximum absolute atomic E-state index is 11.7. The van der Waals surface area contributed by atoms with E-state index in [0.29, 0.717) is 22.7 Å². The van der Waals surface area contributed by atoms with Gasteiger partial charge in [-0.25, -0.2) is 9.48 Å². The number of nitrogens with zero attached hydrogens (tertiary/aromatic N) is 3. The number of alkyl halides is 1. The van der Waals surface area contributed by atoms with Crippen molar-refractivity contribution < 1.29 is 13.9 Å². The van der Waals surface area contributed by atoms with Gasteiger partial charge in [-0.2, -0.15) is 0 Å². The van der Waals surface area contributed by atoms with Crippen LogP contribution in [0, 0.1) is 0 Å². The highest BCUT2D eigenvalue weighted by Crippen LogP contribution is 2.17. The molecule has 102 valence electrons. The average Bonchev–Trinajstić information content (AvgIpc) is 2.96. The van der Waals surface area contributed by atoms with Gasteiger partial charge in [-0.1, -0.05) is 5.21 Å². The normalized spacial score (nSPS) is 10.7. The van der Waals surface area contributed by atoms with E-state index in [1.165, 1.54) is 4.68 Å². The first-order chi connectivity index (χ1) is 9.15. The van der Waals surface area contributed by atoms with Crippen LogP contribution < -0.4 is 0 Å². The van der Waals surface area contributed by atoms with Crippen LogP contribution in [0.25, 0.3) is 0 Å². The molecule has 2 aromatic rings. The number of ether oxygens (including phenoxy) is 1. The summed E-state index contributed by atoms with van der Waals surface area (Å²) >= 11 is 9.06. The molecule has 0 bridgehead atoms. The topological polar surface area (TPSA) is 70.2 Å². The van der Waals surface area contributed by atoms with Gasteiger partial charge < -0.3 is 9.15 Å². The first-order valence-corrected chi connectivity index (χ1v) is 6.88. The third-order valence-corrected chi connectivity index (χ3v) is 3.05. The molecule has 0 aliphatic carbocycles. The first-order valence-electron chi connectivity index (χ1n) is 5.55. The lowest BCUT2D eigenvalue weighted by Gasteiger charge is -2.03. The summed E-state index contributed by atoms with van der Waals surface area (Å²) in [5.74, 6) is 0.270. The van der Waals surface area contributed by atoms with Gasteiger partial charge in [0, 0.05) is 0 Å². The summed E-state index contributed by atoms with van der Waals surface area (Å²) < 4.78 is 12.4. The molecule has 0 spiro atoms. The number of aromatic nitrogens is 3. The Balaban J connectivity index is 2.24. The molecule has 0 saturated carbocycles. The van der Waals surface area contributed by atoms with Gasteiger partial charge >= 0.3 is 5.97 Å². The van der Waals surface area contributed by atoms with Gasteiger partial charge in [-0.05, 0) is 35.0 Å². The van der Waals surface area contributed by atoms with Crippen LogP contribution in [0.4, 0.5) is 0 Å². The van der Waals surface area contributed by atoms with E-state index in [4.69, 9.17) is 20.8 Å². The quantitative estimate of drug-likeness (QED) is 0.613. The standard InChI is InChI=1S/C11H11BrClN3O3/c1-2-18-11(17)10-8(5-13)16(15-14-10)6-7-3-4-9(12)19-7/h3-4H,2,5-6H2,1H3. The van der Waals surface area contributed by atoms with Gasteiger partial charge in [-0.15, -0.1) is 16.7 Å². The second kappa shape index (κ2) is 6.21. The van der Waals surface area contributed by atoms with Crippen molar-refractivity contribution in [2.75, 3.05) is 6.61 Å². The maximum atomic E-state index is 11.7. The van der Waals surface area contributed by atoms with Gasteiger partial charge in [0.15, 0.2) is 10.4 Å². The lowest BCUT2D eigenvalue weighted by Crippen LogP contribution is -2.10. The highest BCUT2D eigenvalue weighted by atomic mass is 79.9. The molecular formula is C11H11BrClN3O3. The van der Waals surface area contributed by atoms with Gasteiger partial charge in [0.05, 0.1) is 18.2 Å². The molecule has 2 rings (SSSR count). The fourth-order valence-corrected chi connectivity index (χ4v) is 2.14. The molecule has 6 nitrogen and oxygen atoms in total. The highest BCUT2D eigenvalue weighted by molar-refractivity contribution is 9.10. The third-order valence-electron chi connectivity index (χ3n) is 2.37. The van der Waals surface area contributed by atoms with E-state index in [9.17, 15) is 4.79 Å². The number of furan rings is 1. The Hall–Kier alpha value is -1.34.